The van der Waals surface area contributed by atoms with Crippen LogP contribution < -0.4 is 11.1 Å². The summed E-state index contributed by atoms with van der Waals surface area (Å²) in [4.78, 5) is 11.8. The van der Waals surface area contributed by atoms with E-state index in [0.29, 0.717) is 12.2 Å². The molecule has 1 aromatic heterocycles. The van der Waals surface area contributed by atoms with Crippen molar-refractivity contribution in [3.8, 4) is 0 Å². The van der Waals surface area contributed by atoms with Gasteiger partial charge in [0.1, 0.15) is 12.4 Å². The molecule has 1 aromatic carbocycles. The smallest absolute Gasteiger partial charge is 0.407 e. The minimum atomic E-state index is -0.394. The molecule has 0 radical (unpaired) electrons. The first-order valence-electron chi connectivity index (χ1n) is 7.01. The number of anilines is 1. The van der Waals surface area contributed by atoms with Crippen molar-refractivity contribution in [2.75, 3.05) is 5.73 Å². The molecule has 6 nitrogen and oxygen atoms in total. The molecule has 0 bridgehead atoms. The summed E-state index contributed by atoms with van der Waals surface area (Å²) in [6.07, 6.45) is 1.96. The molecule has 6 heteroatoms. The third kappa shape index (κ3) is 3.16. The largest absolute Gasteiger partial charge is 0.445 e. The number of H-pyrrole nitrogens is 1. The van der Waals surface area contributed by atoms with Crippen molar-refractivity contribution in [3.05, 3.63) is 47.2 Å². The van der Waals surface area contributed by atoms with E-state index in [4.69, 9.17) is 10.5 Å². The van der Waals surface area contributed by atoms with Gasteiger partial charge in [-0.3, -0.25) is 5.10 Å². The fourth-order valence-electron chi connectivity index (χ4n) is 2.57. The predicted molar refractivity (Wildman–Crippen MR) is 78.6 cm³/mol. The second-order valence-corrected chi connectivity index (χ2v) is 5.21. The molecule has 0 saturated carbocycles. The van der Waals surface area contributed by atoms with Crippen LogP contribution >= 0.6 is 0 Å². The van der Waals surface area contributed by atoms with Gasteiger partial charge in [0.15, 0.2) is 0 Å². The summed E-state index contributed by atoms with van der Waals surface area (Å²) in [5.41, 5.74) is 8.81. The van der Waals surface area contributed by atoms with Crippen LogP contribution in [0.1, 0.15) is 23.2 Å². The van der Waals surface area contributed by atoms with E-state index in [-0.39, 0.29) is 12.6 Å². The Kier molecular flexibility index (Phi) is 3.77. The fraction of sp³-hybridized carbons (Fsp3) is 0.333. The normalized spacial score (nSPS) is 17.0. The Labute approximate surface area is 122 Å². The number of fused-ring (bicyclic) bond motifs is 1. The van der Waals surface area contributed by atoms with Gasteiger partial charge < -0.3 is 15.8 Å². The number of rotatable bonds is 3. The molecule has 0 fully saturated rings. The van der Waals surface area contributed by atoms with Crippen molar-refractivity contribution in [2.45, 2.75) is 31.9 Å². The first-order valence-corrected chi connectivity index (χ1v) is 7.01. The van der Waals surface area contributed by atoms with E-state index in [9.17, 15) is 4.79 Å². The molecule has 1 aliphatic carbocycles. The van der Waals surface area contributed by atoms with Gasteiger partial charge in [0, 0.05) is 11.6 Å². The summed E-state index contributed by atoms with van der Waals surface area (Å²) in [5.74, 6) is 0.592. The molecule has 1 aliphatic rings. The Balaban J connectivity index is 1.51. The Bertz CT molecular complexity index is 624. The van der Waals surface area contributed by atoms with E-state index in [0.717, 1.165) is 29.7 Å². The van der Waals surface area contributed by atoms with Gasteiger partial charge in [0.05, 0.1) is 5.69 Å². The molecule has 1 amide bonds. The Hall–Kier alpha value is -2.50. The Morgan fingerprint density at radius 3 is 3.05 bits per heavy atom. The molecule has 1 atom stereocenters. The molecule has 3 rings (SSSR count). The predicted octanol–water partition coefficient (Wildman–Crippen LogP) is 1.78. The van der Waals surface area contributed by atoms with Gasteiger partial charge in [-0.1, -0.05) is 30.3 Å². The molecule has 0 unspecified atom stereocenters. The van der Waals surface area contributed by atoms with Crippen molar-refractivity contribution < 1.29 is 9.53 Å². The number of aromatic amines is 1. The lowest BCUT2D eigenvalue weighted by atomic mass is 9.93. The summed E-state index contributed by atoms with van der Waals surface area (Å²) in [5, 5.41) is 9.82. The number of alkyl carbamates (subject to hydrolysis) is 1. The van der Waals surface area contributed by atoms with Crippen LogP contribution in [0, 0.1) is 0 Å². The molecule has 0 aliphatic heterocycles. The first-order chi connectivity index (χ1) is 10.2. The zero-order valence-electron chi connectivity index (χ0n) is 11.6. The molecule has 21 heavy (non-hydrogen) atoms. The van der Waals surface area contributed by atoms with Crippen molar-refractivity contribution in [2.24, 2.45) is 0 Å². The fourth-order valence-corrected chi connectivity index (χ4v) is 2.57. The average Bonchev–Trinajstić information content (AvgIpc) is 2.87. The number of aryl methyl sites for hydroxylation is 1. The van der Waals surface area contributed by atoms with Crippen LogP contribution in [-0.4, -0.2) is 22.3 Å². The average molecular weight is 286 g/mol. The standard InChI is InChI=1S/C15H18N4O2/c16-14-12-8-11(6-7-13(12)18-19-14)17-15(20)21-9-10-4-2-1-3-5-10/h1-5,11H,6-9H2,(H,17,20)(H3,16,18,19)/t11-/m1/s1. The van der Waals surface area contributed by atoms with Crippen molar-refractivity contribution in [1.29, 1.82) is 0 Å². The van der Waals surface area contributed by atoms with Crippen molar-refractivity contribution >= 4 is 11.9 Å². The zero-order chi connectivity index (χ0) is 14.7. The minimum absolute atomic E-state index is 0.0423. The lowest BCUT2D eigenvalue weighted by Gasteiger charge is -2.22. The van der Waals surface area contributed by atoms with E-state index >= 15 is 0 Å². The highest BCUT2D eigenvalue weighted by Gasteiger charge is 2.24. The number of hydrogen-bond donors (Lipinski definition) is 3. The molecular weight excluding hydrogens is 268 g/mol. The number of ether oxygens (including phenoxy) is 1. The second-order valence-electron chi connectivity index (χ2n) is 5.21. The quantitative estimate of drug-likeness (QED) is 0.801. The topological polar surface area (TPSA) is 93.0 Å². The summed E-state index contributed by atoms with van der Waals surface area (Å²) in [6, 6.07) is 9.65. The number of nitrogens with two attached hydrogens (primary N) is 1. The van der Waals surface area contributed by atoms with Crippen LogP contribution in [0.4, 0.5) is 10.6 Å². The number of carbonyl (C=O) groups is 1. The van der Waals surface area contributed by atoms with Gasteiger partial charge in [-0.25, -0.2) is 4.79 Å². The number of nitrogens with one attached hydrogen (secondary N) is 2. The zero-order valence-corrected chi connectivity index (χ0v) is 11.6. The molecule has 1 heterocycles. The number of aromatic nitrogens is 2. The molecule has 2 aromatic rings. The summed E-state index contributed by atoms with van der Waals surface area (Å²) < 4.78 is 5.23. The number of hydrogen-bond acceptors (Lipinski definition) is 4. The van der Waals surface area contributed by atoms with E-state index in [1.54, 1.807) is 0 Å². The number of benzene rings is 1. The maximum Gasteiger partial charge on any atom is 0.407 e. The molecule has 0 spiro atoms. The van der Waals surface area contributed by atoms with Gasteiger partial charge in [-0.15, -0.1) is 0 Å². The lowest BCUT2D eigenvalue weighted by Crippen LogP contribution is -2.39. The maximum atomic E-state index is 11.8. The highest BCUT2D eigenvalue weighted by Crippen LogP contribution is 2.23. The third-order valence-corrected chi connectivity index (χ3v) is 3.70. The third-order valence-electron chi connectivity index (χ3n) is 3.70. The minimum Gasteiger partial charge on any atom is -0.445 e. The molecule has 0 saturated heterocycles. The van der Waals surface area contributed by atoms with Gasteiger partial charge in [0.25, 0.3) is 0 Å². The highest BCUT2D eigenvalue weighted by molar-refractivity contribution is 5.67. The summed E-state index contributed by atoms with van der Waals surface area (Å²) in [6.45, 7) is 0.276. The van der Waals surface area contributed by atoms with Crippen molar-refractivity contribution in [3.63, 3.8) is 0 Å². The first kappa shape index (κ1) is 13.5. The van der Waals surface area contributed by atoms with Crippen LogP contribution in [-0.2, 0) is 24.2 Å². The molecule has 110 valence electrons. The highest BCUT2D eigenvalue weighted by atomic mass is 16.5. The van der Waals surface area contributed by atoms with Crippen LogP contribution in [0.15, 0.2) is 30.3 Å². The van der Waals surface area contributed by atoms with Crippen molar-refractivity contribution in [1.82, 2.24) is 15.5 Å². The van der Waals surface area contributed by atoms with E-state index in [1.165, 1.54) is 0 Å². The summed E-state index contributed by atoms with van der Waals surface area (Å²) in [7, 11) is 0. The van der Waals surface area contributed by atoms with E-state index in [1.807, 2.05) is 30.3 Å². The monoisotopic (exact) mass is 286 g/mol. The van der Waals surface area contributed by atoms with E-state index < -0.39 is 6.09 Å². The number of nitrogens with zero attached hydrogens (tertiary/aromatic N) is 1. The molecular formula is C15H18N4O2. The maximum absolute atomic E-state index is 11.8. The van der Waals surface area contributed by atoms with Crippen LogP contribution in [0.5, 0.6) is 0 Å². The number of nitrogen functional groups attached to an aromatic ring is 1. The molecule has 4 N–H and O–H groups in total. The SMILES string of the molecule is Nc1[nH]nc2c1C[C@H](NC(=O)OCc1ccccc1)CC2. The number of amides is 1. The van der Waals surface area contributed by atoms with E-state index in [2.05, 4.69) is 15.5 Å². The Morgan fingerprint density at radius 2 is 2.24 bits per heavy atom. The van der Waals surface area contributed by atoms with Crippen LogP contribution in [0.25, 0.3) is 0 Å². The lowest BCUT2D eigenvalue weighted by molar-refractivity contribution is 0.134. The number of carbonyl (C=O) groups excluding carboxylic acids is 1. The van der Waals surface area contributed by atoms with Crippen LogP contribution in [0.2, 0.25) is 0 Å². The summed E-state index contributed by atoms with van der Waals surface area (Å²) >= 11 is 0. The Morgan fingerprint density at radius 1 is 1.43 bits per heavy atom. The van der Waals surface area contributed by atoms with Gasteiger partial charge in [-0.05, 0) is 24.8 Å². The van der Waals surface area contributed by atoms with Gasteiger partial charge in [-0.2, -0.15) is 5.10 Å². The van der Waals surface area contributed by atoms with Crippen LogP contribution in [0.3, 0.4) is 0 Å². The van der Waals surface area contributed by atoms with Gasteiger partial charge >= 0.3 is 6.09 Å². The second kappa shape index (κ2) is 5.87. The van der Waals surface area contributed by atoms with Gasteiger partial charge in [0.2, 0.25) is 0 Å².